The Labute approximate surface area is 104 Å². The first-order valence-electron chi connectivity index (χ1n) is 5.90. The van der Waals surface area contributed by atoms with E-state index in [0.29, 0.717) is 6.42 Å². The molecule has 2 atom stereocenters. The molecule has 1 saturated carbocycles. The van der Waals surface area contributed by atoms with Crippen molar-refractivity contribution in [2.24, 2.45) is 0 Å². The van der Waals surface area contributed by atoms with E-state index in [1.165, 1.54) is 12.1 Å². The Morgan fingerprint density at radius 1 is 1.22 bits per heavy atom. The van der Waals surface area contributed by atoms with Crippen LogP contribution >= 0.6 is 0 Å². The first-order valence-corrected chi connectivity index (χ1v) is 5.90. The summed E-state index contributed by atoms with van der Waals surface area (Å²) in [7, 11) is 0. The van der Waals surface area contributed by atoms with Gasteiger partial charge in [-0.25, -0.2) is 4.79 Å². The Bertz CT molecular complexity index is 453. The van der Waals surface area contributed by atoms with E-state index in [9.17, 15) is 14.7 Å². The van der Waals surface area contributed by atoms with Gasteiger partial charge in [-0.15, -0.1) is 0 Å². The summed E-state index contributed by atoms with van der Waals surface area (Å²) in [4.78, 5) is 22.4. The number of amides is 1. The standard InChI is InChI=1S/C12H15NO5/c14-8-4-2-1-3-7(8)13-11(15)9-5-6-10(18-9)12(16)17/h5-8,14H,1-4H2,(H,13,15)(H,16,17). The number of hydrogen-bond donors (Lipinski definition) is 3. The summed E-state index contributed by atoms with van der Waals surface area (Å²) in [6.45, 7) is 0. The number of furan rings is 1. The van der Waals surface area contributed by atoms with Crippen molar-refractivity contribution in [3.63, 3.8) is 0 Å². The molecule has 1 aliphatic rings. The van der Waals surface area contributed by atoms with Crippen LogP contribution in [0.1, 0.15) is 46.8 Å². The van der Waals surface area contributed by atoms with Gasteiger partial charge in [-0.2, -0.15) is 0 Å². The molecule has 6 nitrogen and oxygen atoms in total. The highest BCUT2D eigenvalue weighted by Crippen LogP contribution is 2.19. The summed E-state index contributed by atoms with van der Waals surface area (Å²) in [5.41, 5.74) is 0. The maximum atomic E-state index is 11.8. The molecular weight excluding hydrogens is 238 g/mol. The third-order valence-corrected chi connectivity index (χ3v) is 3.09. The molecule has 0 aromatic carbocycles. The van der Waals surface area contributed by atoms with Crippen LogP contribution < -0.4 is 5.32 Å². The molecule has 1 heterocycles. The quantitative estimate of drug-likeness (QED) is 0.746. The lowest BCUT2D eigenvalue weighted by Crippen LogP contribution is -2.44. The fourth-order valence-corrected chi connectivity index (χ4v) is 2.09. The number of nitrogens with one attached hydrogen (secondary N) is 1. The number of aliphatic hydroxyl groups excluding tert-OH is 1. The second kappa shape index (κ2) is 5.22. The minimum Gasteiger partial charge on any atom is -0.475 e. The second-order valence-electron chi connectivity index (χ2n) is 4.40. The SMILES string of the molecule is O=C(O)c1ccc(C(=O)NC2CCCCC2O)o1. The van der Waals surface area contributed by atoms with Crippen LogP contribution in [0.15, 0.2) is 16.5 Å². The van der Waals surface area contributed by atoms with Crippen molar-refractivity contribution < 1.29 is 24.2 Å². The van der Waals surface area contributed by atoms with Crippen LogP contribution in [0.5, 0.6) is 0 Å². The lowest BCUT2D eigenvalue weighted by molar-refractivity contribution is 0.0648. The molecule has 0 spiro atoms. The monoisotopic (exact) mass is 253 g/mol. The summed E-state index contributed by atoms with van der Waals surface area (Å²) in [6, 6.07) is 2.26. The zero-order valence-electron chi connectivity index (χ0n) is 9.76. The topological polar surface area (TPSA) is 99.8 Å². The van der Waals surface area contributed by atoms with Gasteiger partial charge in [0.15, 0.2) is 5.76 Å². The second-order valence-corrected chi connectivity index (χ2v) is 4.40. The normalized spacial score (nSPS) is 23.6. The van der Waals surface area contributed by atoms with E-state index in [1.54, 1.807) is 0 Å². The molecule has 2 rings (SSSR count). The molecule has 18 heavy (non-hydrogen) atoms. The Hall–Kier alpha value is -1.82. The molecule has 2 unspecified atom stereocenters. The van der Waals surface area contributed by atoms with Gasteiger partial charge in [0.05, 0.1) is 12.1 Å². The van der Waals surface area contributed by atoms with Crippen molar-refractivity contribution in [1.29, 1.82) is 0 Å². The maximum absolute atomic E-state index is 11.8. The van der Waals surface area contributed by atoms with Crippen molar-refractivity contribution in [2.45, 2.75) is 37.8 Å². The van der Waals surface area contributed by atoms with Crippen LogP contribution in [0.4, 0.5) is 0 Å². The Morgan fingerprint density at radius 2 is 1.89 bits per heavy atom. The van der Waals surface area contributed by atoms with Crippen molar-refractivity contribution in [1.82, 2.24) is 5.32 Å². The largest absolute Gasteiger partial charge is 0.475 e. The molecule has 1 aliphatic carbocycles. The Balaban J connectivity index is 2.00. The van der Waals surface area contributed by atoms with Crippen molar-refractivity contribution >= 4 is 11.9 Å². The third-order valence-electron chi connectivity index (χ3n) is 3.09. The van der Waals surface area contributed by atoms with Gasteiger partial charge < -0.3 is 19.9 Å². The zero-order chi connectivity index (χ0) is 13.1. The number of carbonyl (C=O) groups is 2. The van der Waals surface area contributed by atoms with Crippen molar-refractivity contribution in [3.05, 3.63) is 23.7 Å². The molecule has 98 valence electrons. The summed E-state index contributed by atoms with van der Waals surface area (Å²) in [6.07, 6.45) is 2.76. The van der Waals surface area contributed by atoms with Gasteiger partial charge in [0.2, 0.25) is 5.76 Å². The van der Waals surface area contributed by atoms with E-state index in [1.807, 2.05) is 0 Å². The number of carbonyl (C=O) groups excluding carboxylic acids is 1. The third kappa shape index (κ3) is 2.70. The average Bonchev–Trinajstić information content (AvgIpc) is 2.81. The fourth-order valence-electron chi connectivity index (χ4n) is 2.09. The van der Waals surface area contributed by atoms with E-state index >= 15 is 0 Å². The number of aliphatic hydroxyl groups is 1. The summed E-state index contributed by atoms with van der Waals surface area (Å²) >= 11 is 0. The predicted octanol–water partition coefficient (Wildman–Crippen LogP) is 1.01. The van der Waals surface area contributed by atoms with E-state index < -0.39 is 18.0 Å². The molecule has 1 amide bonds. The lowest BCUT2D eigenvalue weighted by atomic mass is 9.92. The molecule has 3 N–H and O–H groups in total. The first-order chi connectivity index (χ1) is 8.58. The fraction of sp³-hybridized carbons (Fsp3) is 0.500. The van der Waals surface area contributed by atoms with E-state index in [4.69, 9.17) is 9.52 Å². The highest BCUT2D eigenvalue weighted by atomic mass is 16.4. The van der Waals surface area contributed by atoms with Gasteiger partial charge in [0.25, 0.3) is 5.91 Å². The molecule has 0 bridgehead atoms. The van der Waals surface area contributed by atoms with Gasteiger partial charge in [0.1, 0.15) is 0 Å². The van der Waals surface area contributed by atoms with Gasteiger partial charge in [-0.05, 0) is 25.0 Å². The van der Waals surface area contributed by atoms with Crippen LogP contribution in [0.3, 0.4) is 0 Å². The summed E-state index contributed by atoms with van der Waals surface area (Å²) in [5, 5.41) is 21.1. The number of rotatable bonds is 3. The van der Waals surface area contributed by atoms with Gasteiger partial charge >= 0.3 is 5.97 Å². The molecule has 6 heteroatoms. The Morgan fingerprint density at radius 3 is 2.50 bits per heavy atom. The smallest absolute Gasteiger partial charge is 0.371 e. The van der Waals surface area contributed by atoms with Crippen molar-refractivity contribution in [2.75, 3.05) is 0 Å². The van der Waals surface area contributed by atoms with Crippen LogP contribution in [0, 0.1) is 0 Å². The maximum Gasteiger partial charge on any atom is 0.371 e. The van der Waals surface area contributed by atoms with Crippen LogP contribution in [-0.4, -0.2) is 34.2 Å². The van der Waals surface area contributed by atoms with Gasteiger partial charge in [0, 0.05) is 0 Å². The van der Waals surface area contributed by atoms with Crippen LogP contribution in [-0.2, 0) is 0 Å². The van der Waals surface area contributed by atoms with Crippen LogP contribution in [0.25, 0.3) is 0 Å². The van der Waals surface area contributed by atoms with Gasteiger partial charge in [-0.3, -0.25) is 4.79 Å². The Kier molecular flexibility index (Phi) is 3.66. The van der Waals surface area contributed by atoms with E-state index in [-0.39, 0.29) is 17.6 Å². The van der Waals surface area contributed by atoms with E-state index in [0.717, 1.165) is 19.3 Å². The van der Waals surface area contributed by atoms with Crippen molar-refractivity contribution in [3.8, 4) is 0 Å². The molecule has 1 aromatic rings. The van der Waals surface area contributed by atoms with Gasteiger partial charge in [-0.1, -0.05) is 12.8 Å². The average molecular weight is 253 g/mol. The minimum absolute atomic E-state index is 0.0508. The van der Waals surface area contributed by atoms with E-state index in [2.05, 4.69) is 5.32 Å². The van der Waals surface area contributed by atoms with Crippen LogP contribution in [0.2, 0.25) is 0 Å². The highest BCUT2D eigenvalue weighted by Gasteiger charge is 2.26. The molecule has 1 aromatic heterocycles. The molecule has 0 radical (unpaired) electrons. The lowest BCUT2D eigenvalue weighted by Gasteiger charge is -2.27. The molecule has 0 aliphatic heterocycles. The summed E-state index contributed by atoms with van der Waals surface area (Å²) in [5.74, 6) is -2.03. The number of carboxylic acids is 1. The number of carboxylic acid groups (broad SMARTS) is 1. The number of hydrogen-bond acceptors (Lipinski definition) is 4. The molecule has 0 saturated heterocycles. The number of aromatic carboxylic acids is 1. The molecule has 1 fully saturated rings. The molecular formula is C12H15NO5. The highest BCUT2D eigenvalue weighted by molar-refractivity contribution is 5.93. The summed E-state index contributed by atoms with van der Waals surface area (Å²) < 4.78 is 4.89. The minimum atomic E-state index is -1.22. The predicted molar refractivity (Wildman–Crippen MR) is 61.4 cm³/mol. The zero-order valence-corrected chi connectivity index (χ0v) is 9.76. The first kappa shape index (κ1) is 12.6.